The minimum atomic E-state index is -1.09. The summed E-state index contributed by atoms with van der Waals surface area (Å²) in [7, 11) is 0. The number of amides is 1. The van der Waals surface area contributed by atoms with Crippen molar-refractivity contribution in [3.8, 4) is 0 Å². The predicted molar refractivity (Wildman–Crippen MR) is 73.3 cm³/mol. The third-order valence-electron chi connectivity index (χ3n) is 4.36. The Morgan fingerprint density at radius 2 is 2.00 bits per heavy atom. The van der Waals surface area contributed by atoms with Crippen LogP contribution in [0.5, 0.6) is 0 Å². The van der Waals surface area contributed by atoms with Gasteiger partial charge in [0.05, 0.1) is 24.3 Å². The van der Waals surface area contributed by atoms with Crippen molar-refractivity contribution in [2.45, 2.75) is 37.7 Å². The molecule has 1 aliphatic carbocycles. The van der Waals surface area contributed by atoms with Crippen LogP contribution in [0.2, 0.25) is 0 Å². The minimum Gasteiger partial charge on any atom is -0.478 e. The second-order valence-electron chi connectivity index (χ2n) is 5.82. The Morgan fingerprint density at radius 1 is 1.24 bits per heavy atom. The lowest BCUT2D eigenvalue weighted by Gasteiger charge is -2.44. The summed E-state index contributed by atoms with van der Waals surface area (Å²) in [5, 5.41) is 8.88. The maximum atomic E-state index is 12.4. The highest BCUT2D eigenvalue weighted by atomic mass is 16.5. The van der Waals surface area contributed by atoms with Crippen LogP contribution < -0.4 is 0 Å². The number of carbonyl (C=O) groups is 2. The monoisotopic (exact) mass is 293 g/mol. The fraction of sp³-hybridized carbons (Fsp3) is 0.600. The third-order valence-corrected chi connectivity index (χ3v) is 4.36. The molecule has 1 aromatic rings. The standard InChI is InChI=1S/C15H19NO5/c17-13(12-8-11(9-20-12)14(18)19)16-6-7-21-15(10-16)4-2-1-3-5-15/h8-9H,1-7,10H2,(H,18,19). The molecule has 0 aromatic carbocycles. The number of ether oxygens (including phenoxy) is 1. The van der Waals surface area contributed by atoms with Gasteiger partial charge in [0.1, 0.15) is 6.26 Å². The fourth-order valence-corrected chi connectivity index (χ4v) is 3.23. The van der Waals surface area contributed by atoms with Gasteiger partial charge >= 0.3 is 5.97 Å². The van der Waals surface area contributed by atoms with Gasteiger partial charge in [-0.1, -0.05) is 19.3 Å². The third kappa shape index (κ3) is 2.81. The first kappa shape index (κ1) is 14.1. The Labute approximate surface area is 122 Å². The molecule has 3 rings (SSSR count). The Balaban J connectivity index is 1.73. The molecule has 21 heavy (non-hydrogen) atoms. The molecule has 0 atom stereocenters. The van der Waals surface area contributed by atoms with Crippen LogP contribution in [-0.2, 0) is 4.74 Å². The van der Waals surface area contributed by atoms with Gasteiger partial charge in [-0.3, -0.25) is 4.79 Å². The van der Waals surface area contributed by atoms with E-state index in [1.807, 2.05) is 0 Å². The highest BCUT2D eigenvalue weighted by Crippen LogP contribution is 2.34. The molecule has 0 radical (unpaired) electrons. The average Bonchev–Trinajstić information content (AvgIpc) is 2.97. The topological polar surface area (TPSA) is 80.0 Å². The van der Waals surface area contributed by atoms with E-state index in [1.165, 1.54) is 12.5 Å². The van der Waals surface area contributed by atoms with Gasteiger partial charge in [0.25, 0.3) is 5.91 Å². The molecular weight excluding hydrogens is 274 g/mol. The molecule has 1 saturated heterocycles. The van der Waals surface area contributed by atoms with E-state index in [9.17, 15) is 9.59 Å². The quantitative estimate of drug-likeness (QED) is 0.903. The molecule has 1 spiro atoms. The molecule has 2 fully saturated rings. The van der Waals surface area contributed by atoms with E-state index >= 15 is 0 Å². The van der Waals surface area contributed by atoms with Crippen LogP contribution in [0.25, 0.3) is 0 Å². The molecule has 6 nitrogen and oxygen atoms in total. The zero-order chi connectivity index (χ0) is 14.9. The van der Waals surface area contributed by atoms with E-state index in [2.05, 4.69) is 0 Å². The average molecular weight is 293 g/mol. The predicted octanol–water partition coefficient (Wildman–Crippen LogP) is 2.15. The SMILES string of the molecule is O=C(O)c1coc(C(=O)N2CCOC3(CCCCC3)C2)c1. The van der Waals surface area contributed by atoms with Crippen LogP contribution in [0.1, 0.15) is 53.0 Å². The van der Waals surface area contributed by atoms with E-state index in [-0.39, 0.29) is 22.8 Å². The smallest absolute Gasteiger partial charge is 0.338 e. The van der Waals surface area contributed by atoms with E-state index < -0.39 is 5.97 Å². The van der Waals surface area contributed by atoms with Crippen LogP contribution in [0.15, 0.2) is 16.7 Å². The Bertz CT molecular complexity index is 539. The molecular formula is C15H19NO5. The van der Waals surface area contributed by atoms with Crippen molar-refractivity contribution in [3.05, 3.63) is 23.7 Å². The van der Waals surface area contributed by atoms with Crippen LogP contribution in [0, 0.1) is 0 Å². The molecule has 2 heterocycles. The highest BCUT2D eigenvalue weighted by Gasteiger charge is 2.39. The van der Waals surface area contributed by atoms with Crippen LogP contribution >= 0.6 is 0 Å². The first-order chi connectivity index (χ1) is 10.1. The van der Waals surface area contributed by atoms with Gasteiger partial charge in [-0.25, -0.2) is 4.79 Å². The lowest BCUT2D eigenvalue weighted by atomic mass is 9.83. The number of carboxylic acids is 1. The summed E-state index contributed by atoms with van der Waals surface area (Å²) in [6, 6.07) is 1.29. The summed E-state index contributed by atoms with van der Waals surface area (Å²) >= 11 is 0. The second-order valence-corrected chi connectivity index (χ2v) is 5.82. The van der Waals surface area contributed by atoms with Crippen LogP contribution in [0.3, 0.4) is 0 Å². The molecule has 2 aliphatic rings. The molecule has 1 aliphatic heterocycles. The fourth-order valence-electron chi connectivity index (χ4n) is 3.23. The number of hydrogen-bond acceptors (Lipinski definition) is 4. The number of rotatable bonds is 2. The van der Waals surface area contributed by atoms with Gasteiger partial charge < -0.3 is 19.2 Å². The Morgan fingerprint density at radius 3 is 2.67 bits per heavy atom. The van der Waals surface area contributed by atoms with Crippen molar-refractivity contribution in [2.75, 3.05) is 19.7 Å². The lowest BCUT2D eigenvalue weighted by molar-refractivity contribution is -0.118. The van der Waals surface area contributed by atoms with E-state index in [4.69, 9.17) is 14.3 Å². The maximum Gasteiger partial charge on any atom is 0.338 e. The van der Waals surface area contributed by atoms with Crippen molar-refractivity contribution in [1.82, 2.24) is 4.90 Å². The molecule has 114 valence electrons. The molecule has 1 saturated carbocycles. The largest absolute Gasteiger partial charge is 0.478 e. The summed E-state index contributed by atoms with van der Waals surface area (Å²) in [5.74, 6) is -1.26. The number of furan rings is 1. The second kappa shape index (κ2) is 5.52. The lowest BCUT2D eigenvalue weighted by Crippen LogP contribution is -2.54. The number of nitrogens with zero attached hydrogens (tertiary/aromatic N) is 1. The van der Waals surface area contributed by atoms with Crippen LogP contribution in [0.4, 0.5) is 0 Å². The molecule has 0 unspecified atom stereocenters. The molecule has 1 N–H and O–H groups in total. The van der Waals surface area contributed by atoms with Gasteiger partial charge in [0.15, 0.2) is 5.76 Å². The van der Waals surface area contributed by atoms with Gasteiger partial charge in [0.2, 0.25) is 0 Å². The summed E-state index contributed by atoms with van der Waals surface area (Å²) in [4.78, 5) is 25.0. The Kier molecular flexibility index (Phi) is 3.71. The Hall–Kier alpha value is -1.82. The van der Waals surface area contributed by atoms with Crippen LogP contribution in [-0.4, -0.2) is 47.2 Å². The van der Waals surface area contributed by atoms with Gasteiger partial charge in [-0.05, 0) is 12.8 Å². The number of carbonyl (C=O) groups excluding carboxylic acids is 1. The summed E-state index contributed by atoms with van der Waals surface area (Å²) in [5.41, 5.74) is -0.215. The number of morpholine rings is 1. The first-order valence-corrected chi connectivity index (χ1v) is 7.35. The molecule has 6 heteroatoms. The van der Waals surface area contributed by atoms with Gasteiger partial charge in [0, 0.05) is 12.6 Å². The van der Waals surface area contributed by atoms with Gasteiger partial charge in [-0.2, -0.15) is 0 Å². The first-order valence-electron chi connectivity index (χ1n) is 7.35. The normalized spacial score (nSPS) is 21.4. The number of hydrogen-bond donors (Lipinski definition) is 1. The van der Waals surface area contributed by atoms with E-state index in [1.54, 1.807) is 4.90 Å². The summed E-state index contributed by atoms with van der Waals surface area (Å²) in [6.07, 6.45) is 6.55. The molecule has 1 aromatic heterocycles. The zero-order valence-electron chi connectivity index (χ0n) is 11.8. The van der Waals surface area contributed by atoms with Crippen molar-refractivity contribution in [1.29, 1.82) is 0 Å². The van der Waals surface area contributed by atoms with E-state index in [0.717, 1.165) is 31.9 Å². The van der Waals surface area contributed by atoms with Crippen molar-refractivity contribution >= 4 is 11.9 Å². The summed E-state index contributed by atoms with van der Waals surface area (Å²) in [6.45, 7) is 1.61. The zero-order valence-corrected chi connectivity index (χ0v) is 11.8. The maximum absolute atomic E-state index is 12.4. The molecule has 0 bridgehead atoms. The number of aromatic carboxylic acids is 1. The van der Waals surface area contributed by atoms with Crippen molar-refractivity contribution in [2.24, 2.45) is 0 Å². The highest BCUT2D eigenvalue weighted by molar-refractivity contribution is 5.95. The number of carboxylic acid groups (broad SMARTS) is 1. The van der Waals surface area contributed by atoms with Crippen molar-refractivity contribution in [3.63, 3.8) is 0 Å². The van der Waals surface area contributed by atoms with Crippen molar-refractivity contribution < 1.29 is 23.8 Å². The minimum absolute atomic E-state index is 0.000936. The van der Waals surface area contributed by atoms with E-state index in [0.29, 0.717) is 19.7 Å². The van der Waals surface area contributed by atoms with Gasteiger partial charge in [-0.15, -0.1) is 0 Å². The summed E-state index contributed by atoms with van der Waals surface area (Å²) < 4.78 is 11.1. The molecule has 1 amide bonds.